The average Bonchev–Trinajstić information content (AvgIpc) is 2.94. The predicted molar refractivity (Wildman–Crippen MR) is 76.9 cm³/mol. The summed E-state index contributed by atoms with van der Waals surface area (Å²) in [6, 6.07) is 8.43. The fourth-order valence-electron chi connectivity index (χ4n) is 1.96. The Morgan fingerprint density at radius 3 is 2.45 bits per heavy atom. The van der Waals surface area contributed by atoms with Gasteiger partial charge in [0.25, 0.3) is 11.4 Å². The Bertz CT molecular complexity index is 890. The third-order valence-electron chi connectivity index (χ3n) is 2.98. The van der Waals surface area contributed by atoms with Crippen molar-refractivity contribution in [3.63, 3.8) is 0 Å². The summed E-state index contributed by atoms with van der Waals surface area (Å²) in [6.45, 7) is 0. The van der Waals surface area contributed by atoms with Crippen LogP contribution in [-0.4, -0.2) is 25.3 Å². The maximum Gasteiger partial charge on any atom is 0.299 e. The average molecular weight is 300 g/mol. The summed E-state index contributed by atoms with van der Waals surface area (Å²) in [5, 5.41) is 34.9. The van der Waals surface area contributed by atoms with E-state index >= 15 is 0 Å². The van der Waals surface area contributed by atoms with Crippen molar-refractivity contribution in [1.29, 1.82) is 0 Å². The lowest BCUT2D eigenvalue weighted by Crippen LogP contribution is -1.98. The van der Waals surface area contributed by atoms with Gasteiger partial charge in [0, 0.05) is 11.8 Å². The summed E-state index contributed by atoms with van der Waals surface area (Å²) >= 11 is 0. The van der Waals surface area contributed by atoms with E-state index in [4.69, 9.17) is 0 Å². The number of H-pyrrole nitrogens is 1. The summed E-state index contributed by atoms with van der Waals surface area (Å²) in [7, 11) is 0. The normalized spacial score (nSPS) is 10.5. The van der Waals surface area contributed by atoms with Crippen LogP contribution in [0.4, 0.5) is 22.7 Å². The molecule has 1 heterocycles. The monoisotopic (exact) mass is 300 g/mol. The lowest BCUT2D eigenvalue weighted by molar-refractivity contribution is -0.393. The molecule has 3 rings (SSSR count). The van der Waals surface area contributed by atoms with Crippen LogP contribution in [0.5, 0.6) is 0 Å². The van der Waals surface area contributed by atoms with Gasteiger partial charge in [0.1, 0.15) is 16.7 Å². The van der Waals surface area contributed by atoms with Crippen LogP contribution in [0.1, 0.15) is 0 Å². The van der Waals surface area contributed by atoms with Crippen LogP contribution in [0.2, 0.25) is 0 Å². The molecule has 10 heteroatoms. The smallest absolute Gasteiger partial charge is 0.299 e. The van der Waals surface area contributed by atoms with E-state index in [0.717, 1.165) is 6.07 Å². The molecular formula is C12H8N6O4. The van der Waals surface area contributed by atoms with Gasteiger partial charge >= 0.3 is 0 Å². The topological polar surface area (TPSA) is 140 Å². The number of aromatic amines is 1. The van der Waals surface area contributed by atoms with E-state index in [-0.39, 0.29) is 17.1 Å². The molecule has 0 bridgehead atoms. The molecule has 0 amide bonds. The molecule has 0 unspecified atom stereocenters. The standard InChI is InChI=1S/C12H8N6O4/c19-17(20)8-2-4-10(12(6-8)18(21)22)13-7-1-3-9-11(5-7)15-16-14-9/h1-6,13H,(H,14,15,16). The van der Waals surface area contributed by atoms with Crippen LogP contribution >= 0.6 is 0 Å². The van der Waals surface area contributed by atoms with E-state index in [0.29, 0.717) is 16.7 Å². The van der Waals surface area contributed by atoms with E-state index in [9.17, 15) is 20.2 Å². The molecule has 0 radical (unpaired) electrons. The minimum atomic E-state index is -0.682. The number of fused-ring (bicyclic) bond motifs is 1. The van der Waals surface area contributed by atoms with Gasteiger partial charge in [-0.1, -0.05) is 0 Å². The van der Waals surface area contributed by atoms with Crippen LogP contribution < -0.4 is 5.32 Å². The number of nitrogens with zero attached hydrogens (tertiary/aromatic N) is 4. The number of hydrogen-bond donors (Lipinski definition) is 2. The first-order valence-corrected chi connectivity index (χ1v) is 6.05. The van der Waals surface area contributed by atoms with Crippen LogP contribution in [0.25, 0.3) is 11.0 Å². The molecule has 0 aliphatic carbocycles. The lowest BCUT2D eigenvalue weighted by Gasteiger charge is -2.06. The second-order valence-electron chi connectivity index (χ2n) is 4.37. The molecular weight excluding hydrogens is 292 g/mol. The minimum absolute atomic E-state index is 0.151. The van der Waals surface area contributed by atoms with Gasteiger partial charge in [0.15, 0.2) is 0 Å². The number of aromatic nitrogens is 3. The van der Waals surface area contributed by atoms with Crippen molar-refractivity contribution in [3.05, 3.63) is 56.6 Å². The van der Waals surface area contributed by atoms with E-state index in [1.807, 2.05) is 0 Å². The second kappa shape index (κ2) is 5.09. The number of nitro groups is 2. The molecule has 0 aliphatic rings. The van der Waals surface area contributed by atoms with Crippen molar-refractivity contribution in [2.45, 2.75) is 0 Å². The molecule has 2 N–H and O–H groups in total. The Kier molecular flexibility index (Phi) is 3.10. The van der Waals surface area contributed by atoms with Crippen molar-refractivity contribution < 1.29 is 9.85 Å². The summed E-state index contributed by atoms with van der Waals surface area (Å²) in [5.41, 5.74) is 1.23. The number of nitrogens with one attached hydrogen (secondary N) is 2. The van der Waals surface area contributed by atoms with Gasteiger partial charge in [-0.05, 0) is 24.3 Å². The van der Waals surface area contributed by atoms with E-state index in [2.05, 4.69) is 20.7 Å². The quantitative estimate of drug-likeness (QED) is 0.557. The number of anilines is 2. The second-order valence-corrected chi connectivity index (χ2v) is 4.37. The highest BCUT2D eigenvalue weighted by Crippen LogP contribution is 2.31. The fraction of sp³-hybridized carbons (Fsp3) is 0. The Hall–Kier alpha value is -3.56. The van der Waals surface area contributed by atoms with Gasteiger partial charge in [-0.15, -0.1) is 0 Å². The maximum atomic E-state index is 11.1. The minimum Gasteiger partial charge on any atom is -0.350 e. The molecule has 2 aromatic carbocycles. The SMILES string of the molecule is O=[N+]([O-])c1ccc(Nc2ccc3n[nH]nc3c2)c([N+](=O)[O-])c1. The predicted octanol–water partition coefficient (Wildman–Crippen LogP) is 2.52. The van der Waals surface area contributed by atoms with Crippen LogP contribution in [0, 0.1) is 20.2 Å². The van der Waals surface area contributed by atoms with Gasteiger partial charge in [-0.2, -0.15) is 15.4 Å². The van der Waals surface area contributed by atoms with Gasteiger partial charge in [-0.3, -0.25) is 20.2 Å². The summed E-state index contributed by atoms with van der Waals surface area (Å²) in [4.78, 5) is 20.4. The van der Waals surface area contributed by atoms with Crippen molar-refractivity contribution in [2.24, 2.45) is 0 Å². The summed E-state index contributed by atoms with van der Waals surface area (Å²) < 4.78 is 0. The highest BCUT2D eigenvalue weighted by Gasteiger charge is 2.19. The lowest BCUT2D eigenvalue weighted by atomic mass is 10.2. The fourth-order valence-corrected chi connectivity index (χ4v) is 1.96. The zero-order valence-electron chi connectivity index (χ0n) is 10.9. The molecule has 3 aromatic rings. The van der Waals surface area contributed by atoms with Gasteiger partial charge in [0.2, 0.25) is 0 Å². The first kappa shape index (κ1) is 13.4. The molecule has 10 nitrogen and oxygen atoms in total. The molecule has 22 heavy (non-hydrogen) atoms. The third kappa shape index (κ3) is 2.40. The Balaban J connectivity index is 2.00. The Labute approximate surface area is 122 Å². The maximum absolute atomic E-state index is 11.1. The Morgan fingerprint density at radius 1 is 0.955 bits per heavy atom. The van der Waals surface area contributed by atoms with E-state index in [1.165, 1.54) is 12.1 Å². The molecule has 0 fully saturated rings. The zero-order valence-corrected chi connectivity index (χ0v) is 10.9. The van der Waals surface area contributed by atoms with Gasteiger partial charge < -0.3 is 5.32 Å². The van der Waals surface area contributed by atoms with E-state index < -0.39 is 9.85 Å². The highest BCUT2D eigenvalue weighted by molar-refractivity contribution is 5.81. The molecule has 0 aliphatic heterocycles. The van der Waals surface area contributed by atoms with Crippen LogP contribution in [0.3, 0.4) is 0 Å². The van der Waals surface area contributed by atoms with E-state index in [1.54, 1.807) is 18.2 Å². The number of non-ortho nitro benzene ring substituents is 1. The summed E-state index contributed by atoms with van der Waals surface area (Å²) in [6.07, 6.45) is 0. The Morgan fingerprint density at radius 2 is 1.73 bits per heavy atom. The first-order valence-electron chi connectivity index (χ1n) is 6.05. The van der Waals surface area contributed by atoms with Crippen molar-refractivity contribution >= 4 is 33.8 Å². The van der Waals surface area contributed by atoms with Crippen LogP contribution in [-0.2, 0) is 0 Å². The molecule has 1 aromatic heterocycles. The number of benzene rings is 2. The van der Waals surface area contributed by atoms with Crippen molar-refractivity contribution in [2.75, 3.05) is 5.32 Å². The highest BCUT2D eigenvalue weighted by atomic mass is 16.6. The third-order valence-corrected chi connectivity index (χ3v) is 2.98. The molecule has 0 saturated carbocycles. The van der Waals surface area contributed by atoms with Gasteiger partial charge in [-0.25, -0.2) is 0 Å². The first-order chi connectivity index (χ1) is 10.5. The zero-order chi connectivity index (χ0) is 15.7. The van der Waals surface area contributed by atoms with Gasteiger partial charge in [0.05, 0.1) is 15.9 Å². The van der Waals surface area contributed by atoms with Crippen molar-refractivity contribution in [1.82, 2.24) is 15.4 Å². The molecule has 0 atom stereocenters. The number of nitro benzene ring substituents is 2. The molecule has 110 valence electrons. The van der Waals surface area contributed by atoms with Crippen molar-refractivity contribution in [3.8, 4) is 0 Å². The molecule has 0 saturated heterocycles. The van der Waals surface area contributed by atoms with Crippen LogP contribution in [0.15, 0.2) is 36.4 Å². The summed E-state index contributed by atoms with van der Waals surface area (Å²) in [5.74, 6) is 0. The number of hydrogen-bond acceptors (Lipinski definition) is 7. The number of rotatable bonds is 4. The largest absolute Gasteiger partial charge is 0.350 e. The molecule has 0 spiro atoms.